The fourth-order valence-corrected chi connectivity index (χ4v) is 11.7. The van der Waals surface area contributed by atoms with E-state index in [9.17, 15) is 4.79 Å². The lowest BCUT2D eigenvalue weighted by atomic mass is 9.97. The van der Waals surface area contributed by atoms with Crippen molar-refractivity contribution in [3.8, 4) is 39.8 Å². The first kappa shape index (κ1) is 46.4. The molecule has 0 unspecified atom stereocenters. The number of fused-ring (bicyclic) bond motifs is 1. The number of benzene rings is 5. The number of anilines is 1. The molecule has 2 aromatic heterocycles. The lowest BCUT2D eigenvalue weighted by Crippen LogP contribution is -2.57. The highest BCUT2D eigenvalue weighted by atomic mass is 32.2. The average Bonchev–Trinajstić information content (AvgIpc) is 3.92. The molecular formula is C46H48FN9O9S2. The van der Waals surface area contributed by atoms with Gasteiger partial charge in [-0.15, -0.1) is 10.2 Å². The Morgan fingerprint density at radius 1 is 0.791 bits per heavy atom. The van der Waals surface area contributed by atoms with E-state index in [1.54, 1.807) is 101 Å². The number of methoxy groups -OCH3 is 3. The molecule has 1 aliphatic rings. The highest BCUT2D eigenvalue weighted by Gasteiger charge is 2.46. The molecule has 1 aliphatic heterocycles. The van der Waals surface area contributed by atoms with E-state index in [4.69, 9.17) is 24.7 Å². The predicted molar refractivity (Wildman–Crippen MR) is 246 cm³/mol. The molecule has 0 radical (unpaired) electrons. The Kier molecular flexibility index (Phi) is 12.7. The first-order chi connectivity index (χ1) is 31.9. The maximum atomic E-state index is 16.1. The van der Waals surface area contributed by atoms with Crippen LogP contribution in [-0.4, -0.2) is 108 Å². The number of nitrogen functional groups attached to an aromatic ring is 1. The SMILES string of the molecule is COc1ccc(CN(Cc2ccc(OC)cc2)S(=O)(=O)c2c(S(=O)(=O)C3CN(C(=O)OC(C)(C)C)C3)ccc(-c3ccc(F)c4nc(N)[nH]c34)c2-c2nnn(Cc3ccc(OC)cc3)n2)cc1. The maximum absolute atomic E-state index is 16.1. The minimum atomic E-state index is -5.01. The van der Waals surface area contributed by atoms with E-state index in [1.165, 1.54) is 42.1 Å². The molecule has 67 heavy (non-hydrogen) atoms. The Morgan fingerprint density at radius 2 is 1.33 bits per heavy atom. The van der Waals surface area contributed by atoms with Gasteiger partial charge in [-0.3, -0.25) is 0 Å². The molecule has 0 bridgehead atoms. The summed E-state index contributed by atoms with van der Waals surface area (Å²) in [4.78, 5) is 21.3. The molecule has 5 aromatic carbocycles. The highest BCUT2D eigenvalue weighted by Crippen LogP contribution is 2.44. The summed E-state index contributed by atoms with van der Waals surface area (Å²) in [5.41, 5.74) is 7.05. The topological polar surface area (TPSA) is 227 Å². The molecule has 3 heterocycles. The number of nitrogens with one attached hydrogen (secondary N) is 1. The molecule has 1 fully saturated rings. The fourth-order valence-electron chi connectivity index (χ4n) is 7.61. The van der Waals surface area contributed by atoms with Crippen LogP contribution in [0.2, 0.25) is 0 Å². The van der Waals surface area contributed by atoms with Crippen LogP contribution >= 0.6 is 0 Å². The zero-order valence-electron chi connectivity index (χ0n) is 37.4. The number of likely N-dealkylation sites (tertiary alicyclic amines) is 1. The van der Waals surface area contributed by atoms with Crippen molar-refractivity contribution in [2.75, 3.05) is 40.2 Å². The monoisotopic (exact) mass is 953 g/mol. The number of hydrogen-bond donors (Lipinski definition) is 2. The van der Waals surface area contributed by atoms with Crippen molar-refractivity contribution in [2.24, 2.45) is 0 Å². The molecule has 1 amide bonds. The van der Waals surface area contributed by atoms with Crippen molar-refractivity contribution < 1.29 is 45.0 Å². The Bertz CT molecular complexity index is 3120. The van der Waals surface area contributed by atoms with Crippen molar-refractivity contribution in [3.63, 3.8) is 0 Å². The van der Waals surface area contributed by atoms with Crippen molar-refractivity contribution >= 4 is 42.9 Å². The van der Waals surface area contributed by atoms with Crippen LogP contribution < -0.4 is 19.9 Å². The van der Waals surface area contributed by atoms with E-state index in [0.29, 0.717) is 28.4 Å². The van der Waals surface area contributed by atoms with E-state index in [2.05, 4.69) is 25.4 Å². The van der Waals surface area contributed by atoms with Gasteiger partial charge in [0.1, 0.15) is 38.5 Å². The second kappa shape index (κ2) is 18.3. The van der Waals surface area contributed by atoms with Crippen LogP contribution in [0.4, 0.5) is 15.1 Å². The third kappa shape index (κ3) is 9.61. The number of nitrogens with two attached hydrogens (primary N) is 1. The average molecular weight is 954 g/mol. The summed E-state index contributed by atoms with van der Waals surface area (Å²) in [6, 6.07) is 25.8. The summed E-state index contributed by atoms with van der Waals surface area (Å²) in [5.74, 6) is 0.588. The smallest absolute Gasteiger partial charge is 0.410 e. The number of nitrogens with zero attached hydrogens (tertiary/aromatic N) is 7. The van der Waals surface area contributed by atoms with Crippen LogP contribution in [0.15, 0.2) is 107 Å². The zero-order valence-corrected chi connectivity index (χ0v) is 39.1. The van der Waals surface area contributed by atoms with Crippen molar-refractivity contribution in [1.82, 2.24) is 39.4 Å². The van der Waals surface area contributed by atoms with Gasteiger partial charge in [0.15, 0.2) is 21.6 Å². The number of hydrogen-bond acceptors (Lipinski definition) is 14. The molecule has 0 saturated carbocycles. The Morgan fingerprint density at radius 3 is 1.87 bits per heavy atom. The highest BCUT2D eigenvalue weighted by molar-refractivity contribution is 7.94. The van der Waals surface area contributed by atoms with Gasteiger partial charge in [-0.2, -0.15) is 9.10 Å². The molecule has 0 aliphatic carbocycles. The van der Waals surface area contributed by atoms with Gasteiger partial charge in [0, 0.05) is 31.7 Å². The Balaban J connectivity index is 1.38. The molecule has 1 saturated heterocycles. The van der Waals surface area contributed by atoms with Crippen LogP contribution in [0, 0.1) is 5.82 Å². The van der Waals surface area contributed by atoms with Crippen LogP contribution in [0.3, 0.4) is 0 Å². The number of tetrazole rings is 1. The minimum Gasteiger partial charge on any atom is -0.497 e. The third-order valence-corrected chi connectivity index (χ3v) is 15.2. The van der Waals surface area contributed by atoms with Crippen LogP contribution in [-0.2, 0) is 44.2 Å². The number of aromatic nitrogens is 6. The fraction of sp³-hybridized carbons (Fsp3) is 0.283. The molecule has 350 valence electrons. The van der Waals surface area contributed by atoms with E-state index < -0.39 is 52.4 Å². The van der Waals surface area contributed by atoms with Gasteiger partial charge < -0.3 is 34.6 Å². The van der Waals surface area contributed by atoms with Gasteiger partial charge >= 0.3 is 6.09 Å². The van der Waals surface area contributed by atoms with Crippen LogP contribution in [0.25, 0.3) is 33.5 Å². The molecule has 0 spiro atoms. The van der Waals surface area contributed by atoms with E-state index in [1.807, 2.05) is 0 Å². The number of carbonyl (C=O) groups is 1. The number of rotatable bonds is 15. The summed E-state index contributed by atoms with van der Waals surface area (Å²) < 4.78 is 101. The first-order valence-corrected chi connectivity index (χ1v) is 23.9. The molecule has 8 rings (SSSR count). The van der Waals surface area contributed by atoms with Gasteiger partial charge in [0.2, 0.25) is 15.8 Å². The number of H-pyrrole nitrogens is 1. The number of carbonyl (C=O) groups excluding carboxylic acids is 1. The second-order valence-corrected chi connectivity index (χ2v) is 20.8. The Labute approximate surface area is 386 Å². The summed E-state index contributed by atoms with van der Waals surface area (Å²) in [7, 11) is -5.08. The van der Waals surface area contributed by atoms with Crippen LogP contribution in [0.1, 0.15) is 37.5 Å². The van der Waals surface area contributed by atoms with Gasteiger partial charge in [-0.1, -0.05) is 42.5 Å². The van der Waals surface area contributed by atoms with Crippen LogP contribution in [0.5, 0.6) is 17.2 Å². The van der Waals surface area contributed by atoms with Gasteiger partial charge in [-0.05, 0) is 103 Å². The van der Waals surface area contributed by atoms with Gasteiger partial charge in [-0.25, -0.2) is 31.0 Å². The second-order valence-electron chi connectivity index (χ2n) is 16.8. The quantitative estimate of drug-likeness (QED) is 0.112. The maximum Gasteiger partial charge on any atom is 0.410 e. The summed E-state index contributed by atoms with van der Waals surface area (Å²) in [5, 5.41) is 12.1. The van der Waals surface area contributed by atoms with E-state index in [0.717, 1.165) is 15.9 Å². The lowest BCUT2D eigenvalue weighted by Gasteiger charge is -2.39. The normalized spacial score (nSPS) is 13.5. The largest absolute Gasteiger partial charge is 0.497 e. The molecular weight excluding hydrogens is 906 g/mol. The number of amides is 1. The van der Waals surface area contributed by atoms with E-state index in [-0.39, 0.29) is 72.2 Å². The molecule has 21 heteroatoms. The molecule has 3 N–H and O–H groups in total. The predicted octanol–water partition coefficient (Wildman–Crippen LogP) is 6.46. The number of sulfone groups is 1. The molecule has 0 atom stereocenters. The number of imidazole rings is 1. The third-order valence-electron chi connectivity index (χ3n) is 11.1. The minimum absolute atomic E-state index is 0.0773. The first-order valence-electron chi connectivity index (χ1n) is 20.9. The van der Waals surface area contributed by atoms with Crippen molar-refractivity contribution in [1.29, 1.82) is 0 Å². The number of ether oxygens (including phenoxy) is 4. The van der Waals surface area contributed by atoms with Gasteiger partial charge in [0.25, 0.3) is 0 Å². The number of halogens is 1. The van der Waals surface area contributed by atoms with Gasteiger partial charge in [0.05, 0.1) is 43.8 Å². The summed E-state index contributed by atoms with van der Waals surface area (Å²) >= 11 is 0. The van der Waals surface area contributed by atoms with Crippen molar-refractivity contribution in [3.05, 3.63) is 120 Å². The zero-order chi connectivity index (χ0) is 47.8. The molecule has 7 aromatic rings. The number of sulfonamides is 1. The Hall–Kier alpha value is -7.10. The summed E-state index contributed by atoms with van der Waals surface area (Å²) in [6.45, 7) is 4.10. The summed E-state index contributed by atoms with van der Waals surface area (Å²) in [6.07, 6.45) is -0.718. The lowest BCUT2D eigenvalue weighted by molar-refractivity contribution is 0.0139. The molecule has 18 nitrogen and oxygen atoms in total. The van der Waals surface area contributed by atoms with Crippen molar-refractivity contribution in [2.45, 2.75) is 61.0 Å². The standard InChI is InChI=1S/C46H48FN9O9S2/c1-46(2,3)65-45(57)54-26-34(27-54)66(58,59)38-22-20-35(36-19-21-37(47)41-40(36)49-44(48)50-41)39(43-51-53-56(52-43)25-30-11-17-33(64-6)18-12-30)42(38)67(60,61)55(23-28-7-13-31(62-4)14-8-28)24-29-9-15-32(63-5)16-10-29/h7-22,34H,23-27H2,1-6H3,(H3,48,49,50). The van der Waals surface area contributed by atoms with E-state index >= 15 is 21.2 Å². The number of aromatic amines is 1.